The fraction of sp³-hybridized carbons (Fsp3) is 0.357. The second-order valence-corrected chi connectivity index (χ2v) is 4.03. The summed E-state index contributed by atoms with van der Waals surface area (Å²) in [5.41, 5.74) is 3.51. The average Bonchev–Trinajstić information content (AvgIpc) is 2.29. The van der Waals surface area contributed by atoms with Gasteiger partial charge in [0.1, 0.15) is 5.78 Å². The van der Waals surface area contributed by atoms with Crippen LogP contribution in [0.4, 0.5) is 0 Å². The molecule has 0 aliphatic heterocycles. The van der Waals surface area contributed by atoms with Crippen molar-refractivity contribution in [1.29, 1.82) is 0 Å². The Kier molecular flexibility index (Phi) is 3.38. The van der Waals surface area contributed by atoms with E-state index >= 15 is 0 Å². The number of carbonyl (C=O) groups excluding carboxylic acids is 1. The SMILES string of the molecule is CNCC#Cc1ccc2c(c1)CCC(=O)C2. The van der Waals surface area contributed by atoms with Crippen LogP contribution in [0.5, 0.6) is 0 Å². The molecule has 82 valence electrons. The van der Waals surface area contributed by atoms with Crippen molar-refractivity contribution in [2.24, 2.45) is 0 Å². The van der Waals surface area contributed by atoms with Crippen molar-refractivity contribution in [3.05, 3.63) is 34.9 Å². The number of rotatable bonds is 1. The Balaban J connectivity index is 2.20. The van der Waals surface area contributed by atoms with Gasteiger partial charge in [0.25, 0.3) is 0 Å². The Labute approximate surface area is 96.1 Å². The number of hydrogen-bond donors (Lipinski definition) is 1. The smallest absolute Gasteiger partial charge is 0.137 e. The van der Waals surface area contributed by atoms with Crippen LogP contribution in [0.1, 0.15) is 23.1 Å². The van der Waals surface area contributed by atoms with Crippen LogP contribution < -0.4 is 5.32 Å². The maximum atomic E-state index is 11.3. The van der Waals surface area contributed by atoms with Gasteiger partial charge in [-0.25, -0.2) is 0 Å². The molecule has 0 radical (unpaired) electrons. The highest BCUT2D eigenvalue weighted by atomic mass is 16.1. The summed E-state index contributed by atoms with van der Waals surface area (Å²) in [5.74, 6) is 6.50. The standard InChI is InChI=1S/C14H15NO/c1-15-8-2-3-11-4-5-13-10-14(16)7-6-12(13)9-11/h4-5,9,15H,6-8,10H2,1H3. The van der Waals surface area contributed by atoms with E-state index in [1.807, 2.05) is 19.2 Å². The number of ketones is 1. The molecule has 1 aromatic rings. The van der Waals surface area contributed by atoms with Crippen molar-refractivity contribution >= 4 is 5.78 Å². The molecule has 0 unspecified atom stereocenters. The van der Waals surface area contributed by atoms with Gasteiger partial charge in [-0.2, -0.15) is 0 Å². The van der Waals surface area contributed by atoms with E-state index in [0.717, 1.165) is 12.0 Å². The van der Waals surface area contributed by atoms with Gasteiger partial charge in [0, 0.05) is 18.4 Å². The molecule has 1 aliphatic rings. The molecule has 2 rings (SSSR count). The first-order valence-electron chi connectivity index (χ1n) is 5.56. The number of hydrogen-bond acceptors (Lipinski definition) is 2. The minimum Gasteiger partial charge on any atom is -0.309 e. The van der Waals surface area contributed by atoms with Gasteiger partial charge in [-0.3, -0.25) is 4.79 Å². The van der Waals surface area contributed by atoms with Gasteiger partial charge in [-0.1, -0.05) is 17.9 Å². The largest absolute Gasteiger partial charge is 0.309 e. The van der Waals surface area contributed by atoms with E-state index in [1.54, 1.807) is 0 Å². The van der Waals surface area contributed by atoms with Crippen LogP contribution in [0.3, 0.4) is 0 Å². The summed E-state index contributed by atoms with van der Waals surface area (Å²) in [6.45, 7) is 0.704. The molecule has 1 aromatic carbocycles. The number of Topliss-reactive ketones (excluding diaryl/α,β-unsaturated/α-hetero) is 1. The highest BCUT2D eigenvalue weighted by molar-refractivity contribution is 5.83. The highest BCUT2D eigenvalue weighted by Crippen LogP contribution is 2.20. The first-order valence-corrected chi connectivity index (χ1v) is 5.56. The molecule has 1 aliphatic carbocycles. The average molecular weight is 213 g/mol. The maximum absolute atomic E-state index is 11.3. The molecular weight excluding hydrogens is 198 g/mol. The van der Waals surface area contributed by atoms with E-state index in [1.165, 1.54) is 11.1 Å². The van der Waals surface area contributed by atoms with Crippen LogP contribution in [0.25, 0.3) is 0 Å². The van der Waals surface area contributed by atoms with Crippen LogP contribution in [-0.4, -0.2) is 19.4 Å². The summed E-state index contributed by atoms with van der Waals surface area (Å²) in [7, 11) is 1.88. The minimum atomic E-state index is 0.349. The van der Waals surface area contributed by atoms with Crippen LogP contribution in [0.2, 0.25) is 0 Å². The van der Waals surface area contributed by atoms with E-state index in [4.69, 9.17) is 0 Å². The van der Waals surface area contributed by atoms with Crippen LogP contribution >= 0.6 is 0 Å². The number of nitrogens with one attached hydrogen (secondary N) is 1. The van der Waals surface area contributed by atoms with Crippen molar-refractivity contribution in [3.8, 4) is 11.8 Å². The normalized spacial score (nSPS) is 13.9. The first-order chi connectivity index (χ1) is 7.79. The molecule has 0 fully saturated rings. The summed E-state index contributed by atoms with van der Waals surface area (Å²) in [6.07, 6.45) is 2.15. The first kappa shape index (κ1) is 10.9. The Bertz CT molecular complexity index is 465. The monoisotopic (exact) mass is 213 g/mol. The molecule has 0 spiro atoms. The minimum absolute atomic E-state index is 0.349. The summed E-state index contributed by atoms with van der Waals surface area (Å²) in [5, 5.41) is 2.99. The number of carbonyl (C=O) groups is 1. The van der Waals surface area contributed by atoms with Crippen molar-refractivity contribution < 1.29 is 4.79 Å². The topological polar surface area (TPSA) is 29.1 Å². The summed E-state index contributed by atoms with van der Waals surface area (Å²) < 4.78 is 0. The van der Waals surface area contributed by atoms with Gasteiger partial charge in [0.15, 0.2) is 0 Å². The third-order valence-electron chi connectivity index (χ3n) is 2.76. The molecule has 2 heteroatoms. The van der Waals surface area contributed by atoms with E-state index < -0.39 is 0 Å². The van der Waals surface area contributed by atoms with Crippen LogP contribution in [0, 0.1) is 11.8 Å². The van der Waals surface area contributed by atoms with Gasteiger partial charge in [0.05, 0.1) is 6.54 Å². The summed E-state index contributed by atoms with van der Waals surface area (Å²) in [4.78, 5) is 11.3. The number of aryl methyl sites for hydroxylation is 1. The molecular formula is C14H15NO. The zero-order chi connectivity index (χ0) is 11.4. The lowest BCUT2D eigenvalue weighted by Crippen LogP contribution is -2.13. The predicted octanol–water partition coefficient (Wildman–Crippen LogP) is 1.32. The lowest BCUT2D eigenvalue weighted by atomic mass is 9.90. The summed E-state index contributed by atoms with van der Waals surface area (Å²) >= 11 is 0. The molecule has 2 nitrogen and oxygen atoms in total. The molecule has 0 amide bonds. The Morgan fingerprint density at radius 2 is 2.19 bits per heavy atom. The lowest BCUT2D eigenvalue weighted by molar-refractivity contribution is -0.118. The third kappa shape index (κ3) is 2.50. The Morgan fingerprint density at radius 3 is 3.00 bits per heavy atom. The van der Waals surface area contributed by atoms with Gasteiger partial charge in [-0.15, -0.1) is 0 Å². The molecule has 1 N–H and O–H groups in total. The molecule has 0 bridgehead atoms. The number of benzene rings is 1. The van der Waals surface area contributed by atoms with E-state index in [2.05, 4.69) is 23.2 Å². The van der Waals surface area contributed by atoms with Crippen molar-refractivity contribution in [2.75, 3.05) is 13.6 Å². The van der Waals surface area contributed by atoms with E-state index in [9.17, 15) is 4.79 Å². The van der Waals surface area contributed by atoms with Crippen LogP contribution in [0.15, 0.2) is 18.2 Å². The Hall–Kier alpha value is -1.59. The van der Waals surface area contributed by atoms with E-state index in [0.29, 0.717) is 25.2 Å². The van der Waals surface area contributed by atoms with Crippen molar-refractivity contribution in [2.45, 2.75) is 19.3 Å². The van der Waals surface area contributed by atoms with Gasteiger partial charge < -0.3 is 5.32 Å². The van der Waals surface area contributed by atoms with Crippen LogP contribution in [-0.2, 0) is 17.6 Å². The third-order valence-corrected chi connectivity index (χ3v) is 2.76. The molecule has 0 aromatic heterocycles. The quantitative estimate of drug-likeness (QED) is 0.713. The fourth-order valence-electron chi connectivity index (χ4n) is 1.92. The molecule has 0 saturated carbocycles. The van der Waals surface area contributed by atoms with Crippen molar-refractivity contribution in [3.63, 3.8) is 0 Å². The molecule has 16 heavy (non-hydrogen) atoms. The second-order valence-electron chi connectivity index (χ2n) is 4.03. The van der Waals surface area contributed by atoms with Crippen molar-refractivity contribution in [1.82, 2.24) is 5.32 Å². The van der Waals surface area contributed by atoms with Gasteiger partial charge in [-0.05, 0) is 36.7 Å². The maximum Gasteiger partial charge on any atom is 0.137 e. The van der Waals surface area contributed by atoms with Gasteiger partial charge >= 0.3 is 0 Å². The molecule has 0 saturated heterocycles. The lowest BCUT2D eigenvalue weighted by Gasteiger charge is -2.14. The molecule has 0 heterocycles. The number of fused-ring (bicyclic) bond motifs is 1. The predicted molar refractivity (Wildman–Crippen MR) is 64.3 cm³/mol. The fourth-order valence-corrected chi connectivity index (χ4v) is 1.92. The zero-order valence-electron chi connectivity index (χ0n) is 9.47. The van der Waals surface area contributed by atoms with Gasteiger partial charge in [0.2, 0.25) is 0 Å². The second kappa shape index (κ2) is 4.96. The highest BCUT2D eigenvalue weighted by Gasteiger charge is 2.14. The molecule has 0 atom stereocenters. The summed E-state index contributed by atoms with van der Waals surface area (Å²) in [6, 6.07) is 6.15. The Morgan fingerprint density at radius 1 is 1.31 bits per heavy atom. The van der Waals surface area contributed by atoms with E-state index in [-0.39, 0.29) is 0 Å². The zero-order valence-corrected chi connectivity index (χ0v) is 9.47.